The van der Waals surface area contributed by atoms with Crippen molar-refractivity contribution in [2.45, 2.75) is 58.8 Å². The van der Waals surface area contributed by atoms with Gasteiger partial charge in [-0.1, -0.05) is 30.9 Å². The van der Waals surface area contributed by atoms with E-state index in [1.807, 2.05) is 26.0 Å². The molecule has 2 aromatic rings. The van der Waals surface area contributed by atoms with E-state index in [0.717, 1.165) is 28.8 Å². The van der Waals surface area contributed by atoms with Crippen molar-refractivity contribution >= 4 is 39.8 Å². The summed E-state index contributed by atoms with van der Waals surface area (Å²) >= 11 is 7.59. The summed E-state index contributed by atoms with van der Waals surface area (Å²) in [6, 6.07) is 5.57. The molecule has 0 aliphatic heterocycles. The Bertz CT molecular complexity index is 918. The van der Waals surface area contributed by atoms with Crippen molar-refractivity contribution in [3.05, 3.63) is 44.8 Å². The first-order valence-electron chi connectivity index (χ1n) is 10.4. The second-order valence-corrected chi connectivity index (χ2v) is 9.22. The standard InChI is InChI=1S/C23H28ClNO4S/c1-4-28-23(27)21-14(2)15(3)30-22(21)25-20(26)13-29-19-11-10-17(24)12-18(19)16-8-6-5-7-9-16/h10-12,16H,4-9,13H2,1-3H3,(H,25,26). The monoisotopic (exact) mass is 449 g/mol. The van der Waals surface area contributed by atoms with Crippen LogP contribution >= 0.6 is 22.9 Å². The molecule has 7 heteroatoms. The van der Waals surface area contributed by atoms with Crippen molar-refractivity contribution in [2.24, 2.45) is 0 Å². The third-order valence-electron chi connectivity index (χ3n) is 5.49. The Labute approximate surface area is 186 Å². The fourth-order valence-corrected chi connectivity index (χ4v) is 5.10. The van der Waals surface area contributed by atoms with Crippen LogP contribution in [0.4, 0.5) is 5.00 Å². The fraction of sp³-hybridized carbons (Fsp3) is 0.478. The summed E-state index contributed by atoms with van der Waals surface area (Å²) in [5, 5.41) is 4.00. The van der Waals surface area contributed by atoms with Crippen LogP contribution in [0.1, 0.15) is 71.3 Å². The maximum absolute atomic E-state index is 12.6. The Balaban J connectivity index is 1.70. The highest BCUT2D eigenvalue weighted by molar-refractivity contribution is 7.16. The molecule has 162 valence electrons. The fourth-order valence-electron chi connectivity index (χ4n) is 3.85. The molecular weight excluding hydrogens is 422 g/mol. The zero-order valence-corrected chi connectivity index (χ0v) is 19.3. The second-order valence-electron chi connectivity index (χ2n) is 7.56. The molecule has 0 bridgehead atoms. The molecule has 1 amide bonds. The Morgan fingerprint density at radius 2 is 1.93 bits per heavy atom. The van der Waals surface area contributed by atoms with Crippen molar-refractivity contribution < 1.29 is 19.1 Å². The van der Waals surface area contributed by atoms with Gasteiger partial charge in [0, 0.05) is 9.90 Å². The van der Waals surface area contributed by atoms with Crippen molar-refractivity contribution in [1.82, 2.24) is 0 Å². The number of hydrogen-bond acceptors (Lipinski definition) is 5. The molecule has 3 rings (SSSR count). The number of nitrogens with one attached hydrogen (secondary N) is 1. The molecule has 0 radical (unpaired) electrons. The summed E-state index contributed by atoms with van der Waals surface area (Å²) < 4.78 is 11.0. The number of halogens is 1. The van der Waals surface area contributed by atoms with Gasteiger partial charge in [-0.05, 0) is 68.9 Å². The van der Waals surface area contributed by atoms with E-state index in [-0.39, 0.29) is 19.1 Å². The van der Waals surface area contributed by atoms with Crippen LogP contribution in [0.3, 0.4) is 0 Å². The number of carbonyl (C=O) groups excluding carboxylic acids is 2. The number of rotatable bonds is 7. The number of benzene rings is 1. The van der Waals surface area contributed by atoms with E-state index in [1.165, 1.54) is 30.6 Å². The molecule has 30 heavy (non-hydrogen) atoms. The van der Waals surface area contributed by atoms with Gasteiger partial charge in [-0.3, -0.25) is 4.79 Å². The van der Waals surface area contributed by atoms with E-state index in [1.54, 1.807) is 13.0 Å². The van der Waals surface area contributed by atoms with Gasteiger partial charge in [0.1, 0.15) is 10.8 Å². The van der Waals surface area contributed by atoms with E-state index in [9.17, 15) is 9.59 Å². The normalized spacial score (nSPS) is 14.4. The summed E-state index contributed by atoms with van der Waals surface area (Å²) in [5.41, 5.74) is 2.32. The van der Waals surface area contributed by atoms with Crippen molar-refractivity contribution in [3.8, 4) is 5.75 Å². The molecule has 1 N–H and O–H groups in total. The van der Waals surface area contributed by atoms with Crippen molar-refractivity contribution in [1.29, 1.82) is 0 Å². The lowest BCUT2D eigenvalue weighted by molar-refractivity contribution is -0.118. The summed E-state index contributed by atoms with van der Waals surface area (Å²) in [6.07, 6.45) is 5.88. The summed E-state index contributed by atoms with van der Waals surface area (Å²) in [5.74, 6) is 0.373. The Morgan fingerprint density at radius 3 is 2.63 bits per heavy atom. The number of amides is 1. The lowest BCUT2D eigenvalue weighted by Gasteiger charge is -2.24. The number of ether oxygens (including phenoxy) is 2. The van der Waals surface area contributed by atoms with E-state index in [0.29, 0.717) is 27.3 Å². The van der Waals surface area contributed by atoms with Crippen molar-refractivity contribution in [2.75, 3.05) is 18.5 Å². The van der Waals surface area contributed by atoms with E-state index in [2.05, 4.69) is 5.32 Å². The highest BCUT2D eigenvalue weighted by Crippen LogP contribution is 2.39. The molecule has 0 spiro atoms. The molecule has 1 saturated carbocycles. The minimum Gasteiger partial charge on any atom is -0.483 e. The minimum absolute atomic E-state index is 0.139. The summed E-state index contributed by atoms with van der Waals surface area (Å²) in [4.78, 5) is 25.9. The number of esters is 1. The molecule has 1 aromatic carbocycles. The summed E-state index contributed by atoms with van der Waals surface area (Å²) in [7, 11) is 0. The number of aryl methyl sites for hydroxylation is 1. The van der Waals surface area contributed by atoms with Crippen LogP contribution in [0.5, 0.6) is 5.75 Å². The van der Waals surface area contributed by atoms with Crippen LogP contribution in [0.2, 0.25) is 5.02 Å². The van der Waals surface area contributed by atoms with Gasteiger partial charge in [-0.2, -0.15) is 0 Å². The zero-order chi connectivity index (χ0) is 21.7. The number of anilines is 1. The largest absolute Gasteiger partial charge is 0.483 e. The minimum atomic E-state index is -0.423. The smallest absolute Gasteiger partial charge is 0.341 e. The van der Waals surface area contributed by atoms with Crippen molar-refractivity contribution in [3.63, 3.8) is 0 Å². The van der Waals surface area contributed by atoms with Gasteiger partial charge in [0.05, 0.1) is 12.2 Å². The van der Waals surface area contributed by atoms with Gasteiger partial charge >= 0.3 is 5.97 Å². The molecule has 0 saturated heterocycles. The molecule has 1 aliphatic carbocycles. The van der Waals surface area contributed by atoms with Gasteiger partial charge < -0.3 is 14.8 Å². The van der Waals surface area contributed by atoms with E-state index < -0.39 is 5.97 Å². The third kappa shape index (κ3) is 5.35. The number of hydrogen-bond donors (Lipinski definition) is 1. The van der Waals surface area contributed by atoms with Crippen LogP contribution in [-0.2, 0) is 9.53 Å². The first kappa shape index (κ1) is 22.6. The predicted octanol–water partition coefficient (Wildman–Crippen LogP) is 6.26. The average molecular weight is 450 g/mol. The molecule has 0 unspecified atom stereocenters. The first-order chi connectivity index (χ1) is 14.4. The lowest BCUT2D eigenvalue weighted by Crippen LogP contribution is -2.22. The van der Waals surface area contributed by atoms with Crippen LogP contribution in [0.25, 0.3) is 0 Å². The maximum atomic E-state index is 12.6. The highest BCUT2D eigenvalue weighted by Gasteiger charge is 2.23. The van der Waals surface area contributed by atoms with Gasteiger partial charge in [0.25, 0.3) is 5.91 Å². The molecular formula is C23H28ClNO4S. The average Bonchev–Trinajstić information content (AvgIpc) is 3.01. The zero-order valence-electron chi connectivity index (χ0n) is 17.7. The predicted molar refractivity (Wildman–Crippen MR) is 121 cm³/mol. The van der Waals surface area contributed by atoms with Gasteiger partial charge in [-0.15, -0.1) is 11.3 Å². The molecule has 1 heterocycles. The summed E-state index contributed by atoms with van der Waals surface area (Å²) in [6.45, 7) is 5.67. The van der Waals surface area contributed by atoms with E-state index in [4.69, 9.17) is 21.1 Å². The molecule has 1 aromatic heterocycles. The van der Waals surface area contributed by atoms with Crippen LogP contribution in [-0.4, -0.2) is 25.1 Å². The quantitative estimate of drug-likeness (QED) is 0.506. The SMILES string of the molecule is CCOC(=O)c1c(NC(=O)COc2ccc(Cl)cc2C2CCCCC2)sc(C)c1C. The number of carbonyl (C=O) groups is 2. The first-order valence-corrected chi connectivity index (χ1v) is 11.6. The molecule has 5 nitrogen and oxygen atoms in total. The van der Waals surface area contributed by atoms with Crippen LogP contribution in [0.15, 0.2) is 18.2 Å². The Morgan fingerprint density at radius 1 is 1.20 bits per heavy atom. The van der Waals surface area contributed by atoms with Crippen LogP contribution in [0, 0.1) is 13.8 Å². The highest BCUT2D eigenvalue weighted by atomic mass is 35.5. The van der Waals surface area contributed by atoms with Gasteiger partial charge in [0.2, 0.25) is 0 Å². The molecule has 1 aliphatic rings. The van der Waals surface area contributed by atoms with E-state index >= 15 is 0 Å². The molecule has 1 fully saturated rings. The van der Waals surface area contributed by atoms with Crippen LogP contribution < -0.4 is 10.1 Å². The van der Waals surface area contributed by atoms with Gasteiger partial charge in [-0.25, -0.2) is 4.79 Å². The maximum Gasteiger partial charge on any atom is 0.341 e. The Kier molecular flexibility index (Phi) is 7.78. The lowest BCUT2D eigenvalue weighted by atomic mass is 9.84. The van der Waals surface area contributed by atoms with Gasteiger partial charge in [0.15, 0.2) is 6.61 Å². The third-order valence-corrected chi connectivity index (χ3v) is 6.85. The second kappa shape index (κ2) is 10.3. The molecule has 0 atom stereocenters. The number of thiophene rings is 1. The topological polar surface area (TPSA) is 64.6 Å². The Hall–Kier alpha value is -2.05.